The number of halogens is 2. The van der Waals surface area contributed by atoms with Gasteiger partial charge in [-0.2, -0.15) is 0 Å². The van der Waals surface area contributed by atoms with Crippen molar-refractivity contribution >= 4 is 48.6 Å². The second-order valence-corrected chi connectivity index (χ2v) is 20.6. The highest BCUT2D eigenvalue weighted by atomic mass is 35.5. The molecule has 0 radical (unpaired) electrons. The molecule has 0 amide bonds. The Hall–Kier alpha value is -2.73. The van der Waals surface area contributed by atoms with Crippen LogP contribution in [0.1, 0.15) is 116 Å². The van der Waals surface area contributed by atoms with Crippen LogP contribution in [-0.4, -0.2) is 21.3 Å². The number of anilines is 2. The van der Waals surface area contributed by atoms with Gasteiger partial charge in [0.05, 0.1) is 21.4 Å². The molecule has 7 rings (SSSR count). The number of alkyl halides is 2. The monoisotopic (exact) mass is 750 g/mol. The first-order valence-corrected chi connectivity index (χ1v) is 22.2. The van der Waals surface area contributed by atoms with Crippen LogP contribution in [0.3, 0.4) is 0 Å². The summed E-state index contributed by atoms with van der Waals surface area (Å²) in [6, 6.07) is 19.9. The van der Waals surface area contributed by atoms with E-state index in [1.165, 1.54) is 109 Å². The van der Waals surface area contributed by atoms with Gasteiger partial charge in [0.2, 0.25) is 0 Å². The largest absolute Gasteiger partial charge is 0.301 e. The molecule has 3 aromatic rings. The Kier molecular flexibility index (Phi) is 11.5. The maximum Gasteiger partial charge on any atom is 0.127 e. The lowest BCUT2D eigenvalue weighted by Crippen LogP contribution is -2.41. The van der Waals surface area contributed by atoms with Crippen LogP contribution >= 0.6 is 31.1 Å². The number of nitrogens with zero attached hydrogens (tertiary/aromatic N) is 2. The predicted octanol–water partition coefficient (Wildman–Crippen LogP) is 14.3. The molecular weight excluding hydrogens is 694 g/mol. The minimum atomic E-state index is -0.552. The summed E-state index contributed by atoms with van der Waals surface area (Å²) in [5, 5.41) is -0.204. The molecule has 5 heteroatoms. The van der Waals surface area contributed by atoms with Crippen molar-refractivity contribution in [1.29, 1.82) is 0 Å². The van der Waals surface area contributed by atoms with Crippen molar-refractivity contribution in [3.05, 3.63) is 129 Å². The summed E-state index contributed by atoms with van der Waals surface area (Å²) < 4.78 is -0.507. The van der Waals surface area contributed by atoms with Gasteiger partial charge in [0.25, 0.3) is 0 Å². The van der Waals surface area contributed by atoms with Crippen molar-refractivity contribution < 1.29 is 0 Å². The molecule has 0 spiro atoms. The number of hydrogen-bond donors (Lipinski definition) is 0. The van der Waals surface area contributed by atoms with E-state index in [4.69, 9.17) is 23.2 Å². The smallest absolute Gasteiger partial charge is 0.127 e. The third kappa shape index (κ3) is 7.36. The van der Waals surface area contributed by atoms with Crippen molar-refractivity contribution in [3.8, 4) is 0 Å². The molecule has 0 saturated heterocycles. The van der Waals surface area contributed by atoms with Crippen molar-refractivity contribution in [2.75, 3.05) is 9.80 Å². The van der Waals surface area contributed by atoms with Crippen molar-refractivity contribution in [2.45, 2.75) is 140 Å². The Morgan fingerprint density at radius 2 is 1.13 bits per heavy atom. The van der Waals surface area contributed by atoms with E-state index in [0.717, 1.165) is 35.4 Å². The summed E-state index contributed by atoms with van der Waals surface area (Å²) in [5.74, 6) is 1.11. The fraction of sp³-hybridized carbons (Fsp3) is 0.468. The fourth-order valence-electron chi connectivity index (χ4n) is 10.1. The van der Waals surface area contributed by atoms with Crippen molar-refractivity contribution in [1.82, 2.24) is 0 Å². The van der Waals surface area contributed by atoms with Gasteiger partial charge in [0, 0.05) is 23.5 Å². The number of aryl methyl sites for hydroxylation is 6. The third-order valence-corrected chi connectivity index (χ3v) is 17.3. The molecule has 0 N–H and O–H groups in total. The predicted molar refractivity (Wildman–Crippen MR) is 228 cm³/mol. The Bertz CT molecular complexity index is 1770. The van der Waals surface area contributed by atoms with Crippen LogP contribution in [-0.2, 0) is 0 Å². The molecule has 274 valence electrons. The Morgan fingerprint density at radius 1 is 0.673 bits per heavy atom. The first kappa shape index (κ1) is 37.6. The van der Waals surface area contributed by atoms with Gasteiger partial charge >= 0.3 is 0 Å². The van der Waals surface area contributed by atoms with Crippen LogP contribution in [0.25, 0.3) is 6.08 Å². The Morgan fingerprint density at radius 3 is 1.60 bits per heavy atom. The average molecular weight is 752 g/mol. The molecule has 3 aromatic carbocycles. The zero-order valence-corrected chi connectivity index (χ0v) is 34.6. The lowest BCUT2D eigenvalue weighted by molar-refractivity contribution is 0.476. The second-order valence-electron chi connectivity index (χ2n) is 16.1. The van der Waals surface area contributed by atoms with Gasteiger partial charge in [-0.15, -0.1) is 28.9 Å². The molecule has 3 saturated carbocycles. The van der Waals surface area contributed by atoms with Gasteiger partial charge in [-0.25, -0.2) is 0 Å². The van der Waals surface area contributed by atoms with Crippen LogP contribution in [0.15, 0.2) is 89.7 Å². The van der Waals surface area contributed by atoms with Crippen LogP contribution in [0.2, 0.25) is 0 Å². The molecule has 52 heavy (non-hydrogen) atoms. The van der Waals surface area contributed by atoms with E-state index >= 15 is 0 Å². The van der Waals surface area contributed by atoms with Gasteiger partial charge in [-0.1, -0.05) is 112 Å². The molecule has 0 bridgehead atoms. The molecule has 2 atom stereocenters. The first-order valence-electron chi connectivity index (χ1n) is 19.9. The third-order valence-electron chi connectivity index (χ3n) is 12.0. The van der Waals surface area contributed by atoms with E-state index in [9.17, 15) is 0 Å². The van der Waals surface area contributed by atoms with E-state index < -0.39 is 12.5 Å². The Labute approximate surface area is 325 Å². The minimum absolute atomic E-state index is 0.204. The lowest BCUT2D eigenvalue weighted by atomic mass is 9.87. The highest BCUT2D eigenvalue weighted by Gasteiger charge is 2.53. The zero-order valence-electron chi connectivity index (χ0n) is 32.2. The van der Waals surface area contributed by atoms with E-state index in [1.807, 2.05) is 0 Å². The quantitative estimate of drug-likeness (QED) is 0.141. The molecular formula is C47H57Cl2N2P. The fourth-order valence-corrected chi connectivity index (χ4v) is 15.9. The Balaban J connectivity index is 1.53. The minimum Gasteiger partial charge on any atom is -0.301 e. The van der Waals surface area contributed by atoms with Crippen LogP contribution in [0.4, 0.5) is 11.4 Å². The summed E-state index contributed by atoms with van der Waals surface area (Å²) in [7, 11) is -0.552. The van der Waals surface area contributed by atoms with Gasteiger partial charge in [0.15, 0.2) is 0 Å². The molecule has 1 aliphatic heterocycles. The first-order chi connectivity index (χ1) is 25.1. The zero-order chi connectivity index (χ0) is 36.6. The molecule has 0 aromatic heterocycles. The van der Waals surface area contributed by atoms with Gasteiger partial charge < -0.3 is 9.80 Å². The summed E-state index contributed by atoms with van der Waals surface area (Å²) in [6.07, 6.45) is 21.8. The summed E-state index contributed by atoms with van der Waals surface area (Å²) in [5.41, 5.74) is 18.9. The van der Waals surface area contributed by atoms with E-state index in [2.05, 4.69) is 130 Å². The number of rotatable bonds is 6. The summed E-state index contributed by atoms with van der Waals surface area (Å²) >= 11 is 16.4. The van der Waals surface area contributed by atoms with Crippen LogP contribution in [0.5, 0.6) is 0 Å². The standard InChI is InChI=1S/C47H57Cl2N2P/c1-32-28-34(3)44(35(4)29-32)50-26-27-51(45-36(5)30-33(2)31-37(45)6)46(50)43-41(23-22-38-16-10-7-11-17-38)47(49,25-24-42(43)48)52(39-18-12-8-13-19-39)40-20-14-9-15-21-40/h7,10-11,16-17,22,26-31,39-40,42H,8-9,12-15,18-21,24-25H2,1-6H3. The van der Waals surface area contributed by atoms with Gasteiger partial charge in [-0.3, -0.25) is 0 Å². The topological polar surface area (TPSA) is 6.48 Å². The molecule has 1 heterocycles. The van der Waals surface area contributed by atoms with E-state index in [1.54, 1.807) is 0 Å². The van der Waals surface area contributed by atoms with Crippen LogP contribution < -0.4 is 9.80 Å². The summed E-state index contributed by atoms with van der Waals surface area (Å²) in [6.45, 7) is 13.4. The van der Waals surface area contributed by atoms with Gasteiger partial charge in [0.1, 0.15) is 5.82 Å². The SMILES string of the molecule is Cc1cc(C)c(N2C=CN(c3c(C)cc(C)cc3C)C2=C2C(=C=Cc3ccccc3)C(Cl)(P(C3CCCCC3)C3CCCCC3)CCC2Cl)c(C)c1. The normalized spacial score (nSPS) is 23.2. The van der Waals surface area contributed by atoms with Crippen molar-refractivity contribution in [2.24, 2.45) is 0 Å². The van der Waals surface area contributed by atoms with E-state index in [0.29, 0.717) is 11.3 Å². The number of hydrogen-bond acceptors (Lipinski definition) is 2. The molecule has 3 aliphatic carbocycles. The van der Waals surface area contributed by atoms with Gasteiger partial charge in [-0.05, 0) is 125 Å². The number of allylic oxidation sites excluding steroid dienone is 2. The average Bonchev–Trinajstić information content (AvgIpc) is 3.52. The molecule has 2 unspecified atom stereocenters. The molecule has 3 fully saturated rings. The maximum atomic E-state index is 8.59. The van der Waals surface area contributed by atoms with Crippen LogP contribution in [0, 0.1) is 41.5 Å². The molecule has 2 nitrogen and oxygen atoms in total. The lowest BCUT2D eigenvalue weighted by Gasteiger charge is -2.51. The summed E-state index contributed by atoms with van der Waals surface area (Å²) in [4.78, 5) is 4.87. The second kappa shape index (κ2) is 15.9. The highest BCUT2D eigenvalue weighted by Crippen LogP contribution is 2.71. The molecule has 4 aliphatic rings. The van der Waals surface area contributed by atoms with Crippen molar-refractivity contribution in [3.63, 3.8) is 0 Å². The van der Waals surface area contributed by atoms with E-state index in [-0.39, 0.29) is 5.38 Å². The maximum absolute atomic E-state index is 8.59. The number of benzene rings is 3. The highest BCUT2D eigenvalue weighted by molar-refractivity contribution is 7.63.